The molecule has 0 fully saturated rings. The molecule has 0 rings (SSSR count). The molecule has 1 unspecified atom stereocenters. The number of rotatable bonds is 46. The second-order valence-electron chi connectivity index (χ2n) is 17.1. The van der Waals surface area contributed by atoms with Crippen LogP contribution in [0.15, 0.2) is 72.9 Å². The first-order valence-electron chi connectivity index (χ1n) is 25.9. The monoisotopic (exact) mass is 865 g/mol. The van der Waals surface area contributed by atoms with E-state index in [2.05, 4.69) is 81.5 Å². The molecule has 0 radical (unpaired) electrons. The van der Waals surface area contributed by atoms with Crippen molar-refractivity contribution in [3.05, 3.63) is 72.9 Å². The Morgan fingerprint density at radius 1 is 0.355 bits per heavy atom. The highest BCUT2D eigenvalue weighted by molar-refractivity contribution is 5.72. The molecule has 356 valence electrons. The molecular weight excluding hydrogens is 769 g/mol. The van der Waals surface area contributed by atoms with Crippen molar-refractivity contribution in [2.45, 2.75) is 252 Å². The second-order valence-corrected chi connectivity index (χ2v) is 17.1. The van der Waals surface area contributed by atoms with Crippen LogP contribution in [0.25, 0.3) is 0 Å². The number of carbonyl (C=O) groups excluding carboxylic acids is 3. The fourth-order valence-corrected chi connectivity index (χ4v) is 7.10. The normalized spacial score (nSPS) is 12.6. The zero-order valence-corrected chi connectivity index (χ0v) is 40.6. The number of ether oxygens (including phenoxy) is 3. The van der Waals surface area contributed by atoms with Gasteiger partial charge in [-0.1, -0.05) is 229 Å². The molecule has 0 aromatic heterocycles. The third-order valence-electron chi connectivity index (χ3n) is 11.0. The smallest absolute Gasteiger partial charge is 0.309 e. The van der Waals surface area contributed by atoms with E-state index >= 15 is 0 Å². The van der Waals surface area contributed by atoms with Gasteiger partial charge in [0.15, 0.2) is 6.10 Å². The Balaban J connectivity index is 4.50. The number of allylic oxidation sites excluding steroid dienone is 11. The van der Waals surface area contributed by atoms with Crippen LogP contribution in [0.5, 0.6) is 0 Å². The van der Waals surface area contributed by atoms with E-state index in [-0.39, 0.29) is 31.6 Å². The largest absolute Gasteiger partial charge is 0.462 e. The Bertz CT molecular complexity index is 1180. The molecule has 62 heavy (non-hydrogen) atoms. The predicted octanol–water partition coefficient (Wildman–Crippen LogP) is 17.0. The quantitative estimate of drug-likeness (QED) is 0.0262. The first-order chi connectivity index (χ1) is 30.5. The van der Waals surface area contributed by atoms with Crippen molar-refractivity contribution in [2.24, 2.45) is 0 Å². The molecule has 0 spiro atoms. The van der Waals surface area contributed by atoms with Gasteiger partial charge in [-0.25, -0.2) is 0 Å². The molecule has 0 saturated heterocycles. The highest BCUT2D eigenvalue weighted by Crippen LogP contribution is 2.15. The average Bonchev–Trinajstić information content (AvgIpc) is 3.27. The molecule has 0 bridgehead atoms. The van der Waals surface area contributed by atoms with Gasteiger partial charge in [-0.3, -0.25) is 14.4 Å². The second kappa shape index (κ2) is 50.5. The van der Waals surface area contributed by atoms with Crippen LogP contribution in [0.4, 0.5) is 0 Å². The summed E-state index contributed by atoms with van der Waals surface area (Å²) in [6, 6.07) is 0. The number of carbonyl (C=O) groups is 3. The highest BCUT2D eigenvalue weighted by Gasteiger charge is 2.19. The minimum Gasteiger partial charge on any atom is -0.462 e. The Morgan fingerprint density at radius 2 is 0.694 bits per heavy atom. The molecule has 6 heteroatoms. The lowest BCUT2D eigenvalue weighted by Gasteiger charge is -2.18. The highest BCUT2D eigenvalue weighted by atomic mass is 16.6. The summed E-state index contributed by atoms with van der Waals surface area (Å²) in [6.07, 6.45) is 63.4. The van der Waals surface area contributed by atoms with E-state index < -0.39 is 12.1 Å². The molecule has 1 atom stereocenters. The third kappa shape index (κ3) is 47.9. The lowest BCUT2D eigenvalue weighted by molar-refractivity contribution is -0.166. The van der Waals surface area contributed by atoms with Crippen LogP contribution in [0, 0.1) is 0 Å². The van der Waals surface area contributed by atoms with Crippen molar-refractivity contribution in [3.63, 3.8) is 0 Å². The van der Waals surface area contributed by atoms with Crippen molar-refractivity contribution in [1.82, 2.24) is 0 Å². The Kier molecular flexibility index (Phi) is 47.9. The van der Waals surface area contributed by atoms with Crippen LogP contribution in [0.3, 0.4) is 0 Å². The lowest BCUT2D eigenvalue weighted by Crippen LogP contribution is -2.30. The Morgan fingerprint density at radius 3 is 1.11 bits per heavy atom. The van der Waals surface area contributed by atoms with Gasteiger partial charge in [-0.05, 0) is 70.6 Å². The van der Waals surface area contributed by atoms with Crippen LogP contribution in [0.2, 0.25) is 0 Å². The lowest BCUT2D eigenvalue weighted by atomic mass is 10.0. The summed E-state index contributed by atoms with van der Waals surface area (Å²) >= 11 is 0. The van der Waals surface area contributed by atoms with Crippen molar-refractivity contribution in [2.75, 3.05) is 13.2 Å². The van der Waals surface area contributed by atoms with Crippen molar-refractivity contribution in [1.29, 1.82) is 0 Å². The number of hydrogen-bond acceptors (Lipinski definition) is 6. The minimum atomic E-state index is -0.815. The van der Waals surface area contributed by atoms with E-state index in [9.17, 15) is 14.4 Å². The number of hydrogen-bond donors (Lipinski definition) is 0. The summed E-state index contributed by atoms with van der Waals surface area (Å²) in [5, 5.41) is 0. The first-order valence-corrected chi connectivity index (χ1v) is 25.9. The standard InChI is InChI=1S/C56H96O6/c1-4-7-10-13-16-19-22-25-28-31-34-37-40-43-46-49-55(58)61-52-53(51-60-54(57)48-45-42-39-36-33-30-27-24-21-18-15-12-9-6-3)62-56(59)50-47-44-41-38-35-32-29-26-23-20-17-14-11-8-5-2/h7,10,16,19,24-25,27-28,34,37,43,46,53H,4-6,8-9,11-15,17-18,20-23,26,29-33,35-36,38-42,44-45,47-52H2,1-3H3/b10-7-,19-16-,27-24-,28-25-,37-34-,46-43-. The van der Waals surface area contributed by atoms with Gasteiger partial charge in [0.2, 0.25) is 0 Å². The van der Waals surface area contributed by atoms with Crippen LogP contribution in [-0.2, 0) is 28.6 Å². The van der Waals surface area contributed by atoms with Gasteiger partial charge in [-0.15, -0.1) is 0 Å². The van der Waals surface area contributed by atoms with Crippen LogP contribution in [-0.4, -0.2) is 37.2 Å². The topological polar surface area (TPSA) is 78.9 Å². The maximum absolute atomic E-state index is 12.8. The number of esters is 3. The zero-order valence-electron chi connectivity index (χ0n) is 40.6. The van der Waals surface area contributed by atoms with Crippen molar-refractivity contribution < 1.29 is 28.6 Å². The molecule has 0 amide bonds. The zero-order chi connectivity index (χ0) is 45.1. The Hall–Kier alpha value is -3.15. The SMILES string of the molecule is CC/C=C\C/C=C\C/C=C\C/C=C\C/C=C\CC(=O)OCC(COC(=O)CCCCCCC/C=C\CCCCCCC)OC(=O)CCCCCCCCCCCCCCCCC. The van der Waals surface area contributed by atoms with Crippen molar-refractivity contribution >= 4 is 17.9 Å². The van der Waals surface area contributed by atoms with Gasteiger partial charge in [0.1, 0.15) is 13.2 Å². The summed E-state index contributed by atoms with van der Waals surface area (Å²) in [7, 11) is 0. The van der Waals surface area contributed by atoms with E-state index in [1.165, 1.54) is 122 Å². The molecule has 0 N–H and O–H groups in total. The predicted molar refractivity (Wildman–Crippen MR) is 265 cm³/mol. The van der Waals surface area contributed by atoms with Gasteiger partial charge >= 0.3 is 17.9 Å². The van der Waals surface area contributed by atoms with Crippen molar-refractivity contribution in [3.8, 4) is 0 Å². The summed E-state index contributed by atoms with van der Waals surface area (Å²) in [6.45, 7) is 6.43. The number of unbranched alkanes of at least 4 members (excludes halogenated alkanes) is 24. The maximum Gasteiger partial charge on any atom is 0.309 e. The van der Waals surface area contributed by atoms with E-state index in [1.54, 1.807) is 6.08 Å². The van der Waals surface area contributed by atoms with Gasteiger partial charge in [0, 0.05) is 12.8 Å². The minimum absolute atomic E-state index is 0.108. The van der Waals surface area contributed by atoms with E-state index in [1.807, 2.05) is 6.08 Å². The summed E-state index contributed by atoms with van der Waals surface area (Å²) in [5.41, 5.74) is 0. The fraction of sp³-hybridized carbons (Fsp3) is 0.732. The first kappa shape index (κ1) is 58.9. The third-order valence-corrected chi connectivity index (χ3v) is 11.0. The van der Waals surface area contributed by atoms with Crippen LogP contribution < -0.4 is 0 Å². The average molecular weight is 865 g/mol. The molecule has 0 aromatic rings. The molecule has 0 aromatic carbocycles. The molecule has 0 heterocycles. The molecule has 0 aliphatic carbocycles. The van der Waals surface area contributed by atoms with E-state index in [0.29, 0.717) is 12.8 Å². The summed E-state index contributed by atoms with van der Waals surface area (Å²) in [5.74, 6) is -1.05. The maximum atomic E-state index is 12.8. The molecule has 0 aliphatic heterocycles. The van der Waals surface area contributed by atoms with Gasteiger partial charge < -0.3 is 14.2 Å². The van der Waals surface area contributed by atoms with Crippen LogP contribution in [0.1, 0.15) is 245 Å². The fourth-order valence-electron chi connectivity index (χ4n) is 7.10. The van der Waals surface area contributed by atoms with Crippen LogP contribution >= 0.6 is 0 Å². The molecule has 0 saturated carbocycles. The van der Waals surface area contributed by atoms with Gasteiger partial charge in [0.25, 0.3) is 0 Å². The van der Waals surface area contributed by atoms with E-state index in [0.717, 1.165) is 83.5 Å². The van der Waals surface area contributed by atoms with Gasteiger partial charge in [-0.2, -0.15) is 0 Å². The van der Waals surface area contributed by atoms with Gasteiger partial charge in [0.05, 0.1) is 6.42 Å². The molecule has 0 aliphatic rings. The molecular formula is C56H96O6. The Labute approximate surface area is 382 Å². The van der Waals surface area contributed by atoms with E-state index in [4.69, 9.17) is 14.2 Å². The molecule has 6 nitrogen and oxygen atoms in total. The summed E-state index contributed by atoms with van der Waals surface area (Å²) in [4.78, 5) is 37.9. The summed E-state index contributed by atoms with van der Waals surface area (Å²) < 4.78 is 16.7.